The van der Waals surface area contributed by atoms with Crippen LogP contribution in [0.1, 0.15) is 31.5 Å². The molecule has 102 valence electrons. The summed E-state index contributed by atoms with van der Waals surface area (Å²) in [7, 11) is 0. The Hall–Kier alpha value is -1.13. The molecule has 2 aromatic rings. The highest BCUT2D eigenvalue weighted by Gasteiger charge is 2.17. The molecule has 5 heteroatoms. The summed E-state index contributed by atoms with van der Waals surface area (Å²) >= 11 is 7.63. The molecular formula is C14H16ClFN2S. The van der Waals surface area contributed by atoms with Crippen LogP contribution in [0.3, 0.4) is 0 Å². The summed E-state index contributed by atoms with van der Waals surface area (Å²) < 4.78 is 13.1. The largest absolute Gasteiger partial charge is 0.378 e. The Labute approximate surface area is 121 Å². The first-order valence-corrected chi connectivity index (χ1v) is 7.26. The second kappa shape index (κ2) is 5.47. The summed E-state index contributed by atoms with van der Waals surface area (Å²) in [5.41, 5.74) is 1.58. The van der Waals surface area contributed by atoms with E-state index in [9.17, 15) is 4.39 Å². The van der Waals surface area contributed by atoms with Gasteiger partial charge in [0, 0.05) is 10.8 Å². The van der Waals surface area contributed by atoms with Crippen LogP contribution in [0.2, 0.25) is 5.02 Å². The Balaban J connectivity index is 2.06. The fourth-order valence-electron chi connectivity index (χ4n) is 1.55. The van der Waals surface area contributed by atoms with Gasteiger partial charge in [-0.15, -0.1) is 11.3 Å². The predicted molar refractivity (Wildman–Crippen MR) is 79.6 cm³/mol. The first kappa shape index (κ1) is 14.3. The molecule has 19 heavy (non-hydrogen) atoms. The highest BCUT2D eigenvalue weighted by atomic mass is 35.5. The van der Waals surface area contributed by atoms with Gasteiger partial charge in [-0.1, -0.05) is 32.4 Å². The molecule has 0 amide bonds. The molecule has 0 saturated carbocycles. The van der Waals surface area contributed by atoms with Crippen LogP contribution in [0.15, 0.2) is 23.6 Å². The molecule has 2 rings (SSSR count). The molecular weight excluding hydrogens is 283 g/mol. The minimum Gasteiger partial charge on any atom is -0.378 e. The van der Waals surface area contributed by atoms with Crippen LogP contribution in [-0.4, -0.2) is 4.98 Å². The van der Waals surface area contributed by atoms with Gasteiger partial charge in [0.1, 0.15) is 5.82 Å². The molecule has 1 N–H and O–H groups in total. The zero-order valence-corrected chi connectivity index (χ0v) is 12.7. The molecule has 0 aliphatic carbocycles. The van der Waals surface area contributed by atoms with Crippen LogP contribution in [0, 0.1) is 5.82 Å². The standard InChI is InChI=1S/C14H16ClFN2S/c1-14(2,3)13-18-10(8-19-13)7-17-12-6-9(16)4-5-11(12)15/h4-6,8,17H,7H2,1-3H3. The Morgan fingerprint density at radius 2 is 2.11 bits per heavy atom. The van der Waals surface area contributed by atoms with E-state index in [4.69, 9.17) is 11.6 Å². The summed E-state index contributed by atoms with van der Waals surface area (Å²) in [6.07, 6.45) is 0. The molecule has 2 nitrogen and oxygen atoms in total. The van der Waals surface area contributed by atoms with Crippen molar-refractivity contribution < 1.29 is 4.39 Å². The minimum atomic E-state index is -0.305. The molecule has 1 aromatic carbocycles. The highest BCUT2D eigenvalue weighted by Crippen LogP contribution is 2.27. The van der Waals surface area contributed by atoms with E-state index in [1.165, 1.54) is 12.1 Å². The highest BCUT2D eigenvalue weighted by molar-refractivity contribution is 7.09. The van der Waals surface area contributed by atoms with Gasteiger partial charge in [0.25, 0.3) is 0 Å². The summed E-state index contributed by atoms with van der Waals surface area (Å²) in [5.74, 6) is -0.305. The molecule has 0 spiro atoms. The van der Waals surface area contributed by atoms with Crippen molar-refractivity contribution in [2.75, 3.05) is 5.32 Å². The lowest BCUT2D eigenvalue weighted by molar-refractivity contribution is 0.583. The fraction of sp³-hybridized carbons (Fsp3) is 0.357. The average Bonchev–Trinajstić information content (AvgIpc) is 2.79. The second-order valence-electron chi connectivity index (χ2n) is 5.37. The molecule has 1 heterocycles. The van der Waals surface area contributed by atoms with Gasteiger partial charge in [-0.25, -0.2) is 9.37 Å². The molecule has 0 aliphatic heterocycles. The molecule has 0 saturated heterocycles. The smallest absolute Gasteiger partial charge is 0.125 e. The monoisotopic (exact) mass is 298 g/mol. The van der Waals surface area contributed by atoms with Crippen LogP contribution < -0.4 is 5.32 Å². The van der Waals surface area contributed by atoms with Gasteiger partial charge in [0.2, 0.25) is 0 Å². The molecule has 0 unspecified atom stereocenters. The number of hydrogen-bond donors (Lipinski definition) is 1. The first-order valence-electron chi connectivity index (χ1n) is 6.00. The molecule has 0 fully saturated rings. The lowest BCUT2D eigenvalue weighted by Crippen LogP contribution is -2.11. The number of nitrogens with one attached hydrogen (secondary N) is 1. The van der Waals surface area contributed by atoms with E-state index in [0.29, 0.717) is 17.3 Å². The maximum absolute atomic E-state index is 13.1. The Morgan fingerprint density at radius 1 is 1.37 bits per heavy atom. The number of anilines is 1. The predicted octanol–water partition coefficient (Wildman–Crippen LogP) is 4.85. The van der Waals surface area contributed by atoms with Crippen molar-refractivity contribution >= 4 is 28.6 Å². The van der Waals surface area contributed by atoms with Gasteiger partial charge >= 0.3 is 0 Å². The SMILES string of the molecule is CC(C)(C)c1nc(CNc2cc(F)ccc2Cl)cs1. The van der Waals surface area contributed by atoms with Gasteiger partial charge in [-0.3, -0.25) is 0 Å². The van der Waals surface area contributed by atoms with E-state index < -0.39 is 0 Å². The van der Waals surface area contributed by atoms with Crippen molar-refractivity contribution in [2.24, 2.45) is 0 Å². The summed E-state index contributed by atoms with van der Waals surface area (Å²) in [6.45, 7) is 6.93. The number of thiazole rings is 1. The first-order chi connectivity index (χ1) is 8.86. The molecule has 0 aliphatic rings. The third-order valence-corrected chi connectivity index (χ3v) is 4.23. The summed E-state index contributed by atoms with van der Waals surface area (Å²) in [6, 6.07) is 4.27. The zero-order chi connectivity index (χ0) is 14.0. The van der Waals surface area contributed by atoms with Gasteiger partial charge in [-0.2, -0.15) is 0 Å². The molecule has 1 aromatic heterocycles. The third kappa shape index (κ3) is 3.67. The Morgan fingerprint density at radius 3 is 2.74 bits per heavy atom. The van der Waals surface area contributed by atoms with Gasteiger partial charge < -0.3 is 5.32 Å². The van der Waals surface area contributed by atoms with Gasteiger partial charge in [0.05, 0.1) is 28.0 Å². The normalized spacial score (nSPS) is 11.6. The number of nitrogens with zero attached hydrogens (tertiary/aromatic N) is 1. The minimum absolute atomic E-state index is 0.0550. The molecule has 0 radical (unpaired) electrons. The van der Waals surface area contributed by atoms with Crippen molar-refractivity contribution in [1.82, 2.24) is 4.98 Å². The van der Waals surface area contributed by atoms with E-state index in [2.05, 4.69) is 31.1 Å². The van der Waals surface area contributed by atoms with E-state index in [0.717, 1.165) is 10.7 Å². The van der Waals surface area contributed by atoms with E-state index >= 15 is 0 Å². The fourth-order valence-corrected chi connectivity index (χ4v) is 2.64. The van der Waals surface area contributed by atoms with Gasteiger partial charge in [-0.05, 0) is 18.2 Å². The summed E-state index contributed by atoms with van der Waals surface area (Å²) in [5, 5.41) is 6.72. The van der Waals surface area contributed by atoms with Crippen LogP contribution in [0.4, 0.5) is 10.1 Å². The summed E-state index contributed by atoms with van der Waals surface area (Å²) in [4.78, 5) is 4.57. The number of benzene rings is 1. The second-order valence-corrected chi connectivity index (χ2v) is 6.64. The third-order valence-electron chi connectivity index (χ3n) is 2.58. The lowest BCUT2D eigenvalue weighted by Gasteiger charge is -2.13. The van der Waals surface area contributed by atoms with Crippen LogP contribution in [0.25, 0.3) is 0 Å². The van der Waals surface area contributed by atoms with Crippen molar-refractivity contribution in [3.63, 3.8) is 0 Å². The van der Waals surface area contributed by atoms with Crippen LogP contribution in [0.5, 0.6) is 0 Å². The van der Waals surface area contributed by atoms with Gasteiger partial charge in [0.15, 0.2) is 0 Å². The molecule has 0 bridgehead atoms. The topological polar surface area (TPSA) is 24.9 Å². The van der Waals surface area contributed by atoms with Crippen LogP contribution in [-0.2, 0) is 12.0 Å². The number of rotatable bonds is 3. The van der Waals surface area contributed by atoms with Crippen molar-refractivity contribution in [3.8, 4) is 0 Å². The zero-order valence-electron chi connectivity index (χ0n) is 11.1. The van der Waals surface area contributed by atoms with Crippen molar-refractivity contribution in [2.45, 2.75) is 32.7 Å². The van der Waals surface area contributed by atoms with E-state index in [1.807, 2.05) is 5.38 Å². The number of aromatic nitrogens is 1. The lowest BCUT2D eigenvalue weighted by atomic mass is 9.98. The maximum Gasteiger partial charge on any atom is 0.125 e. The number of halogens is 2. The quantitative estimate of drug-likeness (QED) is 0.876. The van der Waals surface area contributed by atoms with E-state index in [1.54, 1.807) is 17.4 Å². The van der Waals surface area contributed by atoms with Crippen molar-refractivity contribution in [3.05, 3.63) is 45.1 Å². The van der Waals surface area contributed by atoms with E-state index in [-0.39, 0.29) is 11.2 Å². The average molecular weight is 299 g/mol. The van der Waals surface area contributed by atoms with Crippen LogP contribution >= 0.6 is 22.9 Å². The Kier molecular flexibility index (Phi) is 4.11. The number of hydrogen-bond acceptors (Lipinski definition) is 3. The maximum atomic E-state index is 13.1. The van der Waals surface area contributed by atoms with Crippen molar-refractivity contribution in [1.29, 1.82) is 0 Å². The molecule has 0 atom stereocenters. The Bertz CT molecular complexity index is 575.